The molecule has 6 heteroatoms. The molecule has 0 radical (unpaired) electrons. The molecule has 0 aliphatic carbocycles. The Morgan fingerprint density at radius 1 is 1.08 bits per heavy atom. The highest BCUT2D eigenvalue weighted by atomic mass is 32.2. The monoisotopic (exact) mass is 375 g/mol. The fourth-order valence-corrected chi connectivity index (χ4v) is 5.01. The van der Waals surface area contributed by atoms with Crippen LogP contribution in [0, 0.1) is 20.8 Å². The molecule has 0 aliphatic rings. The van der Waals surface area contributed by atoms with E-state index < -0.39 is 10.0 Å². The molecule has 2 aromatic heterocycles. The summed E-state index contributed by atoms with van der Waals surface area (Å²) in [4.78, 5) is 1.40. The second-order valence-corrected chi connectivity index (χ2v) is 8.85. The van der Waals surface area contributed by atoms with Gasteiger partial charge in [-0.1, -0.05) is 12.1 Å². The number of hydrogen-bond donors (Lipinski definition) is 1. The molecule has 0 saturated heterocycles. The summed E-state index contributed by atoms with van der Waals surface area (Å²) in [7, 11) is -3.59. The number of furan rings is 1. The van der Waals surface area contributed by atoms with Gasteiger partial charge in [0.15, 0.2) is 0 Å². The summed E-state index contributed by atoms with van der Waals surface area (Å²) < 4.78 is 33.9. The molecule has 0 saturated carbocycles. The maximum Gasteiger partial charge on any atom is 0.240 e. The Balaban J connectivity index is 1.87. The fourth-order valence-electron chi connectivity index (χ4n) is 2.81. The molecule has 0 fully saturated rings. The van der Waals surface area contributed by atoms with Gasteiger partial charge in [-0.3, -0.25) is 0 Å². The summed E-state index contributed by atoms with van der Waals surface area (Å²) in [5, 5.41) is 1.98. The molecule has 25 heavy (non-hydrogen) atoms. The molecule has 1 aromatic carbocycles. The first-order chi connectivity index (χ1) is 11.9. The van der Waals surface area contributed by atoms with Crippen molar-refractivity contribution in [3.05, 3.63) is 75.4 Å². The Kier molecular flexibility index (Phi) is 5.13. The van der Waals surface area contributed by atoms with Gasteiger partial charge in [0.05, 0.1) is 17.1 Å². The van der Waals surface area contributed by atoms with Gasteiger partial charge >= 0.3 is 0 Å². The summed E-state index contributed by atoms with van der Waals surface area (Å²) >= 11 is 1.59. The number of sulfonamides is 1. The first kappa shape index (κ1) is 17.9. The van der Waals surface area contributed by atoms with Crippen LogP contribution in [-0.2, 0) is 10.0 Å². The zero-order chi connectivity index (χ0) is 18.0. The lowest BCUT2D eigenvalue weighted by Gasteiger charge is -2.16. The van der Waals surface area contributed by atoms with Crippen LogP contribution in [0.4, 0.5) is 0 Å². The molecule has 0 amide bonds. The fraction of sp³-hybridized carbons (Fsp3) is 0.263. The van der Waals surface area contributed by atoms with Crippen LogP contribution in [0.3, 0.4) is 0 Å². The van der Waals surface area contributed by atoms with E-state index in [2.05, 4.69) is 4.72 Å². The summed E-state index contributed by atoms with van der Waals surface area (Å²) in [6.45, 7) is 5.98. The van der Waals surface area contributed by atoms with E-state index in [4.69, 9.17) is 4.42 Å². The minimum Gasteiger partial charge on any atom is -0.469 e. The van der Waals surface area contributed by atoms with Crippen molar-refractivity contribution < 1.29 is 12.8 Å². The van der Waals surface area contributed by atoms with Crippen LogP contribution in [0.2, 0.25) is 0 Å². The van der Waals surface area contributed by atoms with E-state index in [9.17, 15) is 8.42 Å². The average Bonchev–Trinajstić information content (AvgIpc) is 3.24. The van der Waals surface area contributed by atoms with E-state index in [0.717, 1.165) is 27.3 Å². The molecular weight excluding hydrogens is 354 g/mol. The van der Waals surface area contributed by atoms with Gasteiger partial charge in [-0.05, 0) is 67.1 Å². The van der Waals surface area contributed by atoms with Crippen LogP contribution >= 0.6 is 11.3 Å². The van der Waals surface area contributed by atoms with Crippen molar-refractivity contribution in [2.75, 3.05) is 6.54 Å². The zero-order valence-electron chi connectivity index (χ0n) is 14.4. The quantitative estimate of drug-likeness (QED) is 0.696. The first-order valence-corrected chi connectivity index (χ1v) is 10.4. The third-order valence-electron chi connectivity index (χ3n) is 4.33. The van der Waals surface area contributed by atoms with Crippen molar-refractivity contribution in [2.24, 2.45) is 0 Å². The average molecular weight is 376 g/mol. The van der Waals surface area contributed by atoms with Crippen molar-refractivity contribution in [1.29, 1.82) is 0 Å². The maximum absolute atomic E-state index is 12.8. The number of hydrogen-bond acceptors (Lipinski definition) is 4. The Bertz CT molecular complexity index is 909. The van der Waals surface area contributed by atoms with E-state index in [1.807, 2.05) is 56.5 Å². The smallest absolute Gasteiger partial charge is 0.240 e. The van der Waals surface area contributed by atoms with E-state index in [-0.39, 0.29) is 12.5 Å². The predicted molar refractivity (Wildman–Crippen MR) is 101 cm³/mol. The Morgan fingerprint density at radius 2 is 1.84 bits per heavy atom. The van der Waals surface area contributed by atoms with E-state index in [1.165, 1.54) is 0 Å². The number of benzene rings is 1. The van der Waals surface area contributed by atoms with Gasteiger partial charge in [0.2, 0.25) is 10.0 Å². The van der Waals surface area contributed by atoms with Crippen LogP contribution in [0.1, 0.15) is 33.2 Å². The lowest BCUT2D eigenvalue weighted by atomic mass is 10.1. The van der Waals surface area contributed by atoms with Crippen molar-refractivity contribution >= 4 is 21.4 Å². The first-order valence-electron chi connectivity index (χ1n) is 8.03. The summed E-state index contributed by atoms with van der Waals surface area (Å²) in [6, 6.07) is 11.3. The molecular formula is C19H21NO3S2. The molecule has 0 spiro atoms. The number of nitrogens with one attached hydrogen (secondary N) is 1. The number of thiophene rings is 1. The van der Waals surface area contributed by atoms with Gasteiger partial charge in [0.1, 0.15) is 5.76 Å². The Morgan fingerprint density at radius 3 is 2.48 bits per heavy atom. The molecule has 4 nitrogen and oxygen atoms in total. The van der Waals surface area contributed by atoms with Crippen molar-refractivity contribution in [3.63, 3.8) is 0 Å². The minimum absolute atomic E-state index is 0.142. The molecule has 1 atom stereocenters. The van der Waals surface area contributed by atoms with Gasteiger partial charge in [-0.15, -0.1) is 11.3 Å². The van der Waals surface area contributed by atoms with Crippen LogP contribution in [0.5, 0.6) is 0 Å². The van der Waals surface area contributed by atoms with Crippen molar-refractivity contribution in [3.8, 4) is 0 Å². The van der Waals surface area contributed by atoms with Gasteiger partial charge in [0.25, 0.3) is 0 Å². The summed E-state index contributed by atoms with van der Waals surface area (Å²) in [5.41, 5.74) is 2.80. The molecule has 132 valence electrons. The van der Waals surface area contributed by atoms with Gasteiger partial charge in [0, 0.05) is 11.4 Å². The predicted octanol–water partition coefficient (Wildman–Crippen LogP) is 4.38. The maximum atomic E-state index is 12.8. The van der Waals surface area contributed by atoms with E-state index in [1.54, 1.807) is 23.7 Å². The summed E-state index contributed by atoms with van der Waals surface area (Å²) in [5.74, 6) is 0.610. The lowest BCUT2D eigenvalue weighted by molar-refractivity contribution is 0.483. The molecule has 0 unspecified atom stereocenters. The third kappa shape index (κ3) is 3.86. The van der Waals surface area contributed by atoms with Crippen molar-refractivity contribution in [1.82, 2.24) is 4.72 Å². The van der Waals surface area contributed by atoms with Gasteiger partial charge < -0.3 is 4.42 Å². The standard InChI is InChI=1S/C19H21NO3S2/c1-13-10-15(3)19(11-14(13)2)25(21,22)20-12-16(17-6-4-8-23-17)18-7-5-9-24-18/h4-11,16,20H,12H2,1-3H3/t16-/m0/s1. The molecule has 1 N–H and O–H groups in total. The third-order valence-corrected chi connectivity index (χ3v) is 6.88. The molecule has 0 bridgehead atoms. The molecule has 2 heterocycles. The Labute approximate surface area is 152 Å². The van der Waals surface area contributed by atoms with Crippen LogP contribution in [0.25, 0.3) is 0 Å². The zero-order valence-corrected chi connectivity index (χ0v) is 16.1. The van der Waals surface area contributed by atoms with Crippen LogP contribution < -0.4 is 4.72 Å². The SMILES string of the molecule is Cc1cc(C)c(S(=O)(=O)NC[C@@H](c2ccco2)c2cccs2)cc1C. The van der Waals surface area contributed by atoms with Crippen LogP contribution in [0.15, 0.2) is 57.4 Å². The molecule has 3 aromatic rings. The second kappa shape index (κ2) is 7.15. The minimum atomic E-state index is -3.59. The van der Waals surface area contributed by atoms with E-state index in [0.29, 0.717) is 4.90 Å². The molecule has 0 aliphatic heterocycles. The van der Waals surface area contributed by atoms with Crippen LogP contribution in [-0.4, -0.2) is 15.0 Å². The highest BCUT2D eigenvalue weighted by molar-refractivity contribution is 7.89. The number of aryl methyl sites for hydroxylation is 3. The topological polar surface area (TPSA) is 59.3 Å². The number of rotatable bonds is 6. The normalized spacial score (nSPS) is 13.1. The Hall–Kier alpha value is -1.89. The van der Waals surface area contributed by atoms with Gasteiger partial charge in [-0.2, -0.15) is 0 Å². The van der Waals surface area contributed by atoms with Crippen molar-refractivity contribution in [2.45, 2.75) is 31.6 Å². The largest absolute Gasteiger partial charge is 0.469 e. The molecule has 3 rings (SSSR count). The highest BCUT2D eigenvalue weighted by Gasteiger charge is 2.23. The van der Waals surface area contributed by atoms with Gasteiger partial charge in [-0.25, -0.2) is 13.1 Å². The second-order valence-electron chi connectivity index (χ2n) is 6.14. The van der Waals surface area contributed by atoms with E-state index >= 15 is 0 Å². The highest BCUT2D eigenvalue weighted by Crippen LogP contribution is 2.29. The lowest BCUT2D eigenvalue weighted by Crippen LogP contribution is -2.29. The summed E-state index contributed by atoms with van der Waals surface area (Å²) in [6.07, 6.45) is 1.61.